The molecule has 0 aliphatic heterocycles. The Bertz CT molecular complexity index is 626. The number of carbonyl (C=O) groups excluding carboxylic acids is 1. The Hall–Kier alpha value is -1.11. The summed E-state index contributed by atoms with van der Waals surface area (Å²) in [6, 6.07) is 6.49. The Morgan fingerprint density at radius 2 is 1.79 bits per heavy atom. The zero-order chi connectivity index (χ0) is 16.9. The highest BCUT2D eigenvalue weighted by Gasteiger charge is 2.30. The standard InChI is InChI=1S/C17H26N2O3S.ClH/c1-3-18-13(2)12-19-17(20)14-8-10-16(11-9-14)23(21,22)15-6-4-5-7-15;/h8-11,13,15,18H,3-7,12H2,1-2H3,(H,19,20);1H/t13-;/m1./s1. The lowest BCUT2D eigenvalue weighted by Crippen LogP contribution is -2.38. The van der Waals surface area contributed by atoms with Crippen molar-refractivity contribution in [3.63, 3.8) is 0 Å². The predicted octanol–water partition coefficient (Wildman–Crippen LogP) is 2.55. The van der Waals surface area contributed by atoms with Gasteiger partial charge in [0.1, 0.15) is 0 Å². The number of carbonyl (C=O) groups is 1. The normalized spacial score (nSPS) is 16.4. The van der Waals surface area contributed by atoms with Gasteiger partial charge in [0.05, 0.1) is 10.1 Å². The van der Waals surface area contributed by atoms with Crippen molar-refractivity contribution in [3.8, 4) is 0 Å². The van der Waals surface area contributed by atoms with Crippen molar-refractivity contribution in [1.29, 1.82) is 0 Å². The number of sulfone groups is 1. The van der Waals surface area contributed by atoms with Gasteiger partial charge in [-0.25, -0.2) is 8.42 Å². The summed E-state index contributed by atoms with van der Waals surface area (Å²) in [7, 11) is -3.26. The SMILES string of the molecule is CCN[C@H](C)CNC(=O)c1ccc(S(=O)(=O)C2CCCC2)cc1.Cl. The Kier molecular flexibility index (Phi) is 8.19. The number of rotatable bonds is 7. The van der Waals surface area contributed by atoms with E-state index in [1.54, 1.807) is 24.3 Å². The molecule has 1 fully saturated rings. The summed E-state index contributed by atoms with van der Waals surface area (Å²) < 4.78 is 25.0. The molecule has 5 nitrogen and oxygen atoms in total. The number of halogens is 1. The van der Waals surface area contributed by atoms with E-state index in [2.05, 4.69) is 10.6 Å². The minimum Gasteiger partial charge on any atom is -0.350 e. The molecule has 0 radical (unpaired) electrons. The molecule has 0 heterocycles. The molecule has 0 bridgehead atoms. The van der Waals surface area contributed by atoms with Gasteiger partial charge in [-0.15, -0.1) is 12.4 Å². The quantitative estimate of drug-likeness (QED) is 0.769. The fraction of sp³-hybridized carbons (Fsp3) is 0.588. The molecule has 0 saturated heterocycles. The van der Waals surface area contributed by atoms with Crippen LogP contribution in [0.2, 0.25) is 0 Å². The molecule has 1 aliphatic rings. The molecular weight excluding hydrogens is 348 g/mol. The van der Waals surface area contributed by atoms with Gasteiger partial charge < -0.3 is 10.6 Å². The van der Waals surface area contributed by atoms with Crippen LogP contribution in [0.4, 0.5) is 0 Å². The van der Waals surface area contributed by atoms with Gasteiger partial charge in [-0.05, 0) is 50.6 Å². The molecule has 1 saturated carbocycles. The highest BCUT2D eigenvalue weighted by molar-refractivity contribution is 7.92. The van der Waals surface area contributed by atoms with Crippen LogP contribution in [0.3, 0.4) is 0 Å². The number of nitrogens with one attached hydrogen (secondary N) is 2. The van der Waals surface area contributed by atoms with Gasteiger partial charge in [0.2, 0.25) is 0 Å². The van der Waals surface area contributed by atoms with Crippen LogP contribution in [0.1, 0.15) is 49.9 Å². The van der Waals surface area contributed by atoms with Crippen molar-refractivity contribution in [2.45, 2.75) is 55.7 Å². The number of likely N-dealkylation sites (N-methyl/N-ethyl adjacent to an activating group) is 1. The van der Waals surface area contributed by atoms with Crippen molar-refractivity contribution >= 4 is 28.2 Å². The number of amides is 1. The van der Waals surface area contributed by atoms with Gasteiger partial charge in [-0.2, -0.15) is 0 Å². The molecular formula is C17H27ClN2O3S. The Labute approximate surface area is 150 Å². The predicted molar refractivity (Wildman–Crippen MR) is 98.6 cm³/mol. The minimum absolute atomic E-state index is 0. The lowest BCUT2D eigenvalue weighted by Gasteiger charge is -2.14. The Morgan fingerprint density at radius 3 is 2.33 bits per heavy atom. The van der Waals surface area contributed by atoms with E-state index in [0.717, 1.165) is 32.2 Å². The average molecular weight is 375 g/mol. The van der Waals surface area contributed by atoms with Crippen LogP contribution >= 0.6 is 12.4 Å². The maximum absolute atomic E-state index is 12.5. The van der Waals surface area contributed by atoms with E-state index in [1.165, 1.54) is 0 Å². The summed E-state index contributed by atoms with van der Waals surface area (Å²) in [6.07, 6.45) is 3.45. The smallest absolute Gasteiger partial charge is 0.251 e. The van der Waals surface area contributed by atoms with Crippen LogP contribution in [0, 0.1) is 0 Å². The minimum atomic E-state index is -3.26. The van der Waals surface area contributed by atoms with E-state index < -0.39 is 9.84 Å². The van der Waals surface area contributed by atoms with E-state index >= 15 is 0 Å². The Morgan fingerprint density at radius 1 is 1.21 bits per heavy atom. The van der Waals surface area contributed by atoms with Gasteiger partial charge in [-0.3, -0.25) is 4.79 Å². The summed E-state index contributed by atoms with van der Waals surface area (Å²) in [5.41, 5.74) is 0.485. The number of benzene rings is 1. The van der Waals surface area contributed by atoms with Crippen molar-refractivity contribution in [1.82, 2.24) is 10.6 Å². The number of hydrogen-bond acceptors (Lipinski definition) is 4. The second kappa shape index (κ2) is 9.39. The largest absolute Gasteiger partial charge is 0.350 e. The summed E-state index contributed by atoms with van der Waals surface area (Å²) >= 11 is 0. The van der Waals surface area contributed by atoms with Gasteiger partial charge in [-0.1, -0.05) is 19.8 Å². The first-order chi connectivity index (χ1) is 10.9. The monoisotopic (exact) mass is 374 g/mol. The third-order valence-corrected chi connectivity index (χ3v) is 6.59. The van der Waals surface area contributed by atoms with E-state index in [0.29, 0.717) is 17.0 Å². The first-order valence-corrected chi connectivity index (χ1v) is 9.85. The Balaban J connectivity index is 0.00000288. The topological polar surface area (TPSA) is 75.3 Å². The molecule has 2 N–H and O–H groups in total. The maximum atomic E-state index is 12.5. The molecule has 0 spiro atoms. The molecule has 1 amide bonds. The van der Waals surface area contributed by atoms with Crippen molar-refractivity contribution < 1.29 is 13.2 Å². The van der Waals surface area contributed by atoms with Gasteiger partial charge >= 0.3 is 0 Å². The van der Waals surface area contributed by atoms with Crippen molar-refractivity contribution in [2.24, 2.45) is 0 Å². The zero-order valence-corrected chi connectivity index (χ0v) is 15.9. The van der Waals surface area contributed by atoms with E-state index in [1.807, 2.05) is 13.8 Å². The molecule has 0 unspecified atom stereocenters. The summed E-state index contributed by atoms with van der Waals surface area (Å²) in [5, 5.41) is 5.80. The molecule has 7 heteroatoms. The fourth-order valence-electron chi connectivity index (χ4n) is 2.96. The summed E-state index contributed by atoms with van der Waals surface area (Å²) in [4.78, 5) is 12.4. The highest BCUT2D eigenvalue weighted by Crippen LogP contribution is 2.29. The van der Waals surface area contributed by atoms with Gasteiger partial charge in [0.15, 0.2) is 9.84 Å². The lowest BCUT2D eigenvalue weighted by atomic mass is 10.2. The van der Waals surface area contributed by atoms with Crippen molar-refractivity contribution in [2.75, 3.05) is 13.1 Å². The van der Waals surface area contributed by atoms with Crippen molar-refractivity contribution in [3.05, 3.63) is 29.8 Å². The van der Waals surface area contributed by atoms with Crippen LogP contribution in [0.25, 0.3) is 0 Å². The van der Waals surface area contributed by atoms with E-state index in [9.17, 15) is 13.2 Å². The zero-order valence-electron chi connectivity index (χ0n) is 14.2. The molecule has 1 aromatic carbocycles. The molecule has 2 rings (SSSR count). The first kappa shape index (κ1) is 20.9. The van der Waals surface area contributed by atoms with E-state index in [4.69, 9.17) is 0 Å². The lowest BCUT2D eigenvalue weighted by molar-refractivity contribution is 0.0950. The molecule has 24 heavy (non-hydrogen) atoms. The maximum Gasteiger partial charge on any atom is 0.251 e. The second-order valence-corrected chi connectivity index (χ2v) is 8.37. The second-order valence-electron chi connectivity index (χ2n) is 6.14. The molecule has 1 aliphatic carbocycles. The molecule has 1 aromatic rings. The highest BCUT2D eigenvalue weighted by atomic mass is 35.5. The summed E-state index contributed by atoms with van der Waals surface area (Å²) in [5.74, 6) is -0.181. The van der Waals surface area contributed by atoms with Gasteiger partial charge in [0, 0.05) is 18.2 Å². The van der Waals surface area contributed by atoms with Crippen LogP contribution in [-0.4, -0.2) is 38.7 Å². The van der Waals surface area contributed by atoms with Crippen LogP contribution in [0.15, 0.2) is 29.2 Å². The summed E-state index contributed by atoms with van der Waals surface area (Å²) in [6.45, 7) is 5.41. The third kappa shape index (κ3) is 5.19. The van der Waals surface area contributed by atoms with Crippen LogP contribution in [0.5, 0.6) is 0 Å². The first-order valence-electron chi connectivity index (χ1n) is 8.30. The molecule has 136 valence electrons. The van der Waals surface area contributed by atoms with Crippen LogP contribution < -0.4 is 10.6 Å². The van der Waals surface area contributed by atoms with Crippen LogP contribution in [-0.2, 0) is 9.84 Å². The third-order valence-electron chi connectivity index (χ3n) is 4.31. The van der Waals surface area contributed by atoms with E-state index in [-0.39, 0.29) is 29.6 Å². The van der Waals surface area contributed by atoms with Gasteiger partial charge in [0.25, 0.3) is 5.91 Å². The molecule has 1 atom stereocenters. The average Bonchev–Trinajstić information content (AvgIpc) is 3.08. The number of hydrogen-bond donors (Lipinski definition) is 2. The molecule has 0 aromatic heterocycles. The fourth-order valence-corrected chi connectivity index (χ4v) is 4.81.